The molecule has 1 unspecified atom stereocenters. The molecule has 0 bridgehead atoms. The summed E-state index contributed by atoms with van der Waals surface area (Å²) in [6, 6.07) is 14.0. The van der Waals surface area contributed by atoms with E-state index in [-0.39, 0.29) is 42.0 Å². The summed E-state index contributed by atoms with van der Waals surface area (Å²) in [7, 11) is 0. The van der Waals surface area contributed by atoms with Crippen molar-refractivity contribution in [3.8, 4) is 5.75 Å². The summed E-state index contributed by atoms with van der Waals surface area (Å²) in [6.45, 7) is 3.87. The first-order chi connectivity index (χ1) is 15.5. The largest absolute Gasteiger partial charge is 0.573 e. The maximum Gasteiger partial charge on any atom is 0.573 e. The zero-order chi connectivity index (χ0) is 24.6. The smallest absolute Gasteiger partial charge is 0.406 e. The summed E-state index contributed by atoms with van der Waals surface area (Å²) in [5.74, 6) is -1.52. The SMILES string of the molecule is CC(C)C(N=C(N)C(C(N)=O)=C(N)COCc1ccccc1)c1ccc(OC(F)(F)F)cc1. The number of amides is 1. The average Bonchev–Trinajstić information content (AvgIpc) is 2.72. The van der Waals surface area contributed by atoms with E-state index in [0.29, 0.717) is 5.56 Å². The Bertz CT molecular complexity index is 988. The topological polar surface area (TPSA) is 126 Å². The maximum absolute atomic E-state index is 12.4. The number of alkyl halides is 3. The molecule has 0 aliphatic heterocycles. The molecular formula is C23H27F3N4O3. The Morgan fingerprint density at radius 3 is 2.12 bits per heavy atom. The van der Waals surface area contributed by atoms with Crippen LogP contribution in [0.25, 0.3) is 0 Å². The molecule has 33 heavy (non-hydrogen) atoms. The van der Waals surface area contributed by atoms with Crippen molar-refractivity contribution in [2.24, 2.45) is 28.1 Å². The molecule has 178 valence electrons. The van der Waals surface area contributed by atoms with Gasteiger partial charge < -0.3 is 26.7 Å². The van der Waals surface area contributed by atoms with E-state index in [1.54, 1.807) is 0 Å². The Morgan fingerprint density at radius 1 is 1.00 bits per heavy atom. The fourth-order valence-corrected chi connectivity index (χ4v) is 3.06. The molecule has 0 saturated carbocycles. The molecule has 2 aromatic rings. The van der Waals surface area contributed by atoms with Crippen LogP contribution in [0.5, 0.6) is 5.75 Å². The van der Waals surface area contributed by atoms with Crippen molar-refractivity contribution in [3.63, 3.8) is 0 Å². The number of primary amides is 1. The number of carbonyl (C=O) groups is 1. The summed E-state index contributed by atoms with van der Waals surface area (Å²) < 4.78 is 46.6. The summed E-state index contributed by atoms with van der Waals surface area (Å²) in [6.07, 6.45) is -4.79. The minimum Gasteiger partial charge on any atom is -0.406 e. The summed E-state index contributed by atoms with van der Waals surface area (Å²) >= 11 is 0. The zero-order valence-corrected chi connectivity index (χ0v) is 18.3. The van der Waals surface area contributed by atoms with Gasteiger partial charge in [0.15, 0.2) is 0 Å². The van der Waals surface area contributed by atoms with E-state index in [1.165, 1.54) is 24.3 Å². The molecule has 0 heterocycles. The second-order valence-corrected chi connectivity index (χ2v) is 7.56. The van der Waals surface area contributed by atoms with Crippen LogP contribution in [0.1, 0.15) is 31.0 Å². The minimum absolute atomic E-state index is 0.0242. The molecule has 1 atom stereocenters. The molecule has 0 radical (unpaired) electrons. The van der Waals surface area contributed by atoms with Gasteiger partial charge in [-0.1, -0.05) is 56.3 Å². The van der Waals surface area contributed by atoms with Gasteiger partial charge in [0, 0.05) is 0 Å². The molecular weight excluding hydrogens is 437 g/mol. The normalized spacial score (nSPS) is 14.1. The van der Waals surface area contributed by atoms with E-state index in [4.69, 9.17) is 21.9 Å². The Hall–Kier alpha value is -3.53. The Labute approximate surface area is 190 Å². The van der Waals surface area contributed by atoms with Crippen molar-refractivity contribution in [2.75, 3.05) is 6.61 Å². The maximum atomic E-state index is 12.4. The fraction of sp³-hybridized carbons (Fsp3) is 0.304. The van der Waals surface area contributed by atoms with E-state index in [9.17, 15) is 18.0 Å². The lowest BCUT2D eigenvalue weighted by Crippen LogP contribution is -2.32. The minimum atomic E-state index is -4.79. The Balaban J connectivity index is 2.22. The van der Waals surface area contributed by atoms with Crippen LogP contribution in [0.4, 0.5) is 13.2 Å². The predicted molar refractivity (Wildman–Crippen MR) is 119 cm³/mol. The molecule has 0 saturated heterocycles. The summed E-state index contributed by atoms with van der Waals surface area (Å²) in [5.41, 5.74) is 18.9. The van der Waals surface area contributed by atoms with Crippen LogP contribution < -0.4 is 21.9 Å². The van der Waals surface area contributed by atoms with Gasteiger partial charge in [-0.05, 0) is 29.2 Å². The van der Waals surface area contributed by atoms with Crippen LogP contribution in [0.3, 0.4) is 0 Å². The Morgan fingerprint density at radius 2 is 1.61 bits per heavy atom. The highest BCUT2D eigenvalue weighted by atomic mass is 19.4. The molecule has 10 heteroatoms. The lowest BCUT2D eigenvalue weighted by molar-refractivity contribution is -0.274. The van der Waals surface area contributed by atoms with Crippen LogP contribution in [-0.2, 0) is 16.1 Å². The highest BCUT2D eigenvalue weighted by Gasteiger charge is 2.31. The van der Waals surface area contributed by atoms with Crippen molar-refractivity contribution in [1.82, 2.24) is 0 Å². The molecule has 6 N–H and O–H groups in total. The van der Waals surface area contributed by atoms with Gasteiger partial charge in [-0.3, -0.25) is 9.79 Å². The number of amidine groups is 1. The highest BCUT2D eigenvalue weighted by Crippen LogP contribution is 2.29. The van der Waals surface area contributed by atoms with Gasteiger partial charge in [-0.15, -0.1) is 13.2 Å². The van der Waals surface area contributed by atoms with Gasteiger partial charge in [0.2, 0.25) is 0 Å². The predicted octanol–water partition coefficient (Wildman–Crippen LogP) is 3.55. The number of aliphatic imine (C=N–C) groups is 1. The van der Waals surface area contributed by atoms with Crippen LogP contribution in [-0.4, -0.2) is 24.7 Å². The molecule has 0 spiro atoms. The first-order valence-electron chi connectivity index (χ1n) is 10.1. The second-order valence-electron chi connectivity index (χ2n) is 7.56. The van der Waals surface area contributed by atoms with Crippen molar-refractivity contribution in [3.05, 3.63) is 77.0 Å². The highest BCUT2D eigenvalue weighted by molar-refractivity contribution is 6.20. The van der Waals surface area contributed by atoms with Crippen molar-refractivity contribution < 1.29 is 27.4 Å². The van der Waals surface area contributed by atoms with Gasteiger partial charge in [0.05, 0.1) is 25.0 Å². The van der Waals surface area contributed by atoms with E-state index >= 15 is 0 Å². The number of rotatable bonds is 10. The average molecular weight is 464 g/mol. The summed E-state index contributed by atoms with van der Waals surface area (Å²) in [4.78, 5) is 16.4. The summed E-state index contributed by atoms with van der Waals surface area (Å²) in [5, 5.41) is 0. The van der Waals surface area contributed by atoms with Crippen LogP contribution in [0.2, 0.25) is 0 Å². The van der Waals surface area contributed by atoms with E-state index in [1.807, 2.05) is 44.2 Å². The third-order valence-electron chi connectivity index (χ3n) is 4.56. The lowest BCUT2D eigenvalue weighted by atomic mass is 9.96. The molecule has 0 fully saturated rings. The standard InChI is InChI=1S/C23H27F3N4O3/c1-14(2)20(16-8-10-17(11-9-16)33-23(24,25)26)30-21(28)19(22(29)31)18(27)13-32-12-15-6-4-3-5-7-15/h3-11,14,20H,12-13,27H2,1-2H3,(H2,28,30)(H2,29,31). The molecule has 0 aliphatic rings. The molecule has 7 nitrogen and oxygen atoms in total. The van der Waals surface area contributed by atoms with Gasteiger partial charge in [0.25, 0.3) is 5.91 Å². The first kappa shape index (κ1) is 25.7. The second kappa shape index (κ2) is 11.4. The molecule has 0 aliphatic carbocycles. The zero-order valence-electron chi connectivity index (χ0n) is 18.3. The third kappa shape index (κ3) is 8.15. The monoisotopic (exact) mass is 464 g/mol. The van der Waals surface area contributed by atoms with Crippen LogP contribution >= 0.6 is 0 Å². The van der Waals surface area contributed by atoms with Crippen LogP contribution in [0, 0.1) is 5.92 Å². The van der Waals surface area contributed by atoms with Gasteiger partial charge in [-0.2, -0.15) is 0 Å². The van der Waals surface area contributed by atoms with Crippen LogP contribution in [0.15, 0.2) is 70.9 Å². The number of halogens is 3. The van der Waals surface area contributed by atoms with Gasteiger partial charge in [0.1, 0.15) is 17.2 Å². The number of nitrogens with zero attached hydrogens (tertiary/aromatic N) is 1. The molecule has 2 rings (SSSR count). The molecule has 1 amide bonds. The Kier molecular flexibility index (Phi) is 8.86. The number of hydrogen-bond donors (Lipinski definition) is 3. The number of ether oxygens (including phenoxy) is 2. The van der Waals surface area contributed by atoms with E-state index in [2.05, 4.69) is 9.73 Å². The quantitative estimate of drug-likeness (QED) is 0.282. The number of hydrogen-bond acceptors (Lipinski definition) is 5. The van der Waals surface area contributed by atoms with E-state index < -0.39 is 18.3 Å². The lowest BCUT2D eigenvalue weighted by Gasteiger charge is -2.19. The first-order valence-corrected chi connectivity index (χ1v) is 10.1. The van der Waals surface area contributed by atoms with Crippen molar-refractivity contribution >= 4 is 11.7 Å². The molecule has 0 aromatic heterocycles. The van der Waals surface area contributed by atoms with Crippen molar-refractivity contribution in [2.45, 2.75) is 32.9 Å². The van der Waals surface area contributed by atoms with Gasteiger partial charge in [-0.25, -0.2) is 0 Å². The molecule has 2 aromatic carbocycles. The number of benzene rings is 2. The van der Waals surface area contributed by atoms with Crippen molar-refractivity contribution in [1.29, 1.82) is 0 Å². The van der Waals surface area contributed by atoms with E-state index in [0.717, 1.165) is 5.56 Å². The van der Waals surface area contributed by atoms with Gasteiger partial charge >= 0.3 is 6.36 Å². The number of carbonyl (C=O) groups excluding carboxylic acids is 1. The third-order valence-corrected chi connectivity index (χ3v) is 4.56. The number of nitrogens with two attached hydrogens (primary N) is 3. The fourth-order valence-electron chi connectivity index (χ4n) is 3.06.